The highest BCUT2D eigenvalue weighted by atomic mass is 16.2. The van der Waals surface area contributed by atoms with E-state index in [1.54, 1.807) is 6.20 Å². The first-order valence-corrected chi connectivity index (χ1v) is 9.64. The molecule has 0 spiro atoms. The topological polar surface area (TPSA) is 70.1 Å². The maximum atomic E-state index is 13.0. The SMILES string of the molecule is Cc1nccn1CC1CCCN1C(=O)c1cnc(C2CCN(C)CC2)[nH]1. The van der Waals surface area contributed by atoms with E-state index in [0.717, 1.165) is 63.5 Å². The number of aromatic amines is 1. The maximum Gasteiger partial charge on any atom is 0.272 e. The van der Waals surface area contributed by atoms with Crippen LogP contribution < -0.4 is 0 Å². The molecule has 7 heteroatoms. The number of amides is 1. The van der Waals surface area contributed by atoms with Gasteiger partial charge in [-0.1, -0.05) is 0 Å². The highest BCUT2D eigenvalue weighted by Crippen LogP contribution is 2.26. The summed E-state index contributed by atoms with van der Waals surface area (Å²) in [6.45, 7) is 5.82. The Bertz CT molecular complexity index is 758. The van der Waals surface area contributed by atoms with E-state index in [2.05, 4.69) is 31.5 Å². The van der Waals surface area contributed by atoms with Crippen LogP contribution in [0.15, 0.2) is 18.6 Å². The molecular formula is C19H28N6O. The van der Waals surface area contributed by atoms with Crippen molar-refractivity contribution in [1.82, 2.24) is 29.3 Å². The van der Waals surface area contributed by atoms with Gasteiger partial charge in [0.2, 0.25) is 0 Å². The minimum atomic E-state index is 0.0805. The van der Waals surface area contributed by atoms with Crippen LogP contribution in [-0.2, 0) is 6.54 Å². The number of H-pyrrole nitrogens is 1. The normalized spacial score (nSPS) is 22.2. The molecule has 0 aliphatic carbocycles. The van der Waals surface area contributed by atoms with E-state index < -0.39 is 0 Å². The molecule has 2 aromatic heterocycles. The number of aromatic nitrogens is 4. The molecule has 2 fully saturated rings. The van der Waals surface area contributed by atoms with Crippen molar-refractivity contribution in [3.8, 4) is 0 Å². The Morgan fingerprint density at radius 2 is 2.04 bits per heavy atom. The summed E-state index contributed by atoms with van der Waals surface area (Å²) in [5.41, 5.74) is 0.633. The predicted octanol–water partition coefficient (Wildman–Crippen LogP) is 2.03. The van der Waals surface area contributed by atoms with Gasteiger partial charge in [0.15, 0.2) is 0 Å². The van der Waals surface area contributed by atoms with Crippen LogP contribution in [0.2, 0.25) is 0 Å². The number of piperidine rings is 1. The summed E-state index contributed by atoms with van der Waals surface area (Å²) in [4.78, 5) is 29.5. The molecule has 1 amide bonds. The standard InChI is InChI=1S/C19H28N6O/c1-14-20-7-11-24(14)13-16-4-3-8-25(16)19(26)17-12-21-18(22-17)15-5-9-23(2)10-6-15/h7,11-12,15-16H,3-6,8-10,13H2,1-2H3,(H,21,22). The van der Waals surface area contributed by atoms with Crippen molar-refractivity contribution >= 4 is 5.91 Å². The Morgan fingerprint density at radius 3 is 2.77 bits per heavy atom. The zero-order valence-corrected chi connectivity index (χ0v) is 15.7. The van der Waals surface area contributed by atoms with E-state index in [4.69, 9.17) is 0 Å². The molecule has 2 aliphatic rings. The lowest BCUT2D eigenvalue weighted by atomic mass is 9.97. The molecule has 0 aromatic carbocycles. The molecular weight excluding hydrogens is 328 g/mol. The second-order valence-corrected chi connectivity index (χ2v) is 7.68. The van der Waals surface area contributed by atoms with Crippen LogP contribution in [-0.4, -0.2) is 67.9 Å². The molecule has 4 heterocycles. The first-order valence-electron chi connectivity index (χ1n) is 9.64. The lowest BCUT2D eigenvalue weighted by Gasteiger charge is -2.27. The highest BCUT2D eigenvalue weighted by Gasteiger charge is 2.31. The van der Waals surface area contributed by atoms with Gasteiger partial charge in [-0.05, 0) is 52.7 Å². The molecule has 2 aromatic rings. The number of carbonyl (C=O) groups is 1. The fourth-order valence-electron chi connectivity index (χ4n) is 4.21. The van der Waals surface area contributed by atoms with Crippen LogP contribution in [0.3, 0.4) is 0 Å². The quantitative estimate of drug-likeness (QED) is 0.910. The van der Waals surface area contributed by atoms with Gasteiger partial charge in [-0.15, -0.1) is 0 Å². The van der Waals surface area contributed by atoms with Gasteiger partial charge in [0, 0.05) is 31.4 Å². The summed E-state index contributed by atoms with van der Waals surface area (Å²) in [5.74, 6) is 2.49. The Labute approximate surface area is 154 Å². The van der Waals surface area contributed by atoms with Crippen molar-refractivity contribution in [2.45, 2.75) is 51.1 Å². The highest BCUT2D eigenvalue weighted by molar-refractivity contribution is 5.92. The number of nitrogens with one attached hydrogen (secondary N) is 1. The molecule has 140 valence electrons. The van der Waals surface area contributed by atoms with Crippen LogP contribution in [0.4, 0.5) is 0 Å². The van der Waals surface area contributed by atoms with Crippen LogP contribution in [0.5, 0.6) is 0 Å². The van der Waals surface area contributed by atoms with E-state index in [0.29, 0.717) is 11.6 Å². The Morgan fingerprint density at radius 1 is 1.23 bits per heavy atom. The molecule has 0 saturated carbocycles. The molecule has 7 nitrogen and oxygen atoms in total. The van der Waals surface area contributed by atoms with Gasteiger partial charge in [-0.3, -0.25) is 4.79 Å². The van der Waals surface area contributed by atoms with Crippen molar-refractivity contribution in [2.75, 3.05) is 26.7 Å². The third kappa shape index (κ3) is 3.40. The monoisotopic (exact) mass is 356 g/mol. The summed E-state index contributed by atoms with van der Waals surface area (Å²) < 4.78 is 2.13. The smallest absolute Gasteiger partial charge is 0.272 e. The van der Waals surface area contributed by atoms with E-state index >= 15 is 0 Å². The van der Waals surface area contributed by atoms with Gasteiger partial charge >= 0.3 is 0 Å². The van der Waals surface area contributed by atoms with E-state index in [-0.39, 0.29) is 11.9 Å². The van der Waals surface area contributed by atoms with Crippen molar-refractivity contribution in [1.29, 1.82) is 0 Å². The van der Waals surface area contributed by atoms with Gasteiger partial charge in [-0.2, -0.15) is 0 Å². The van der Waals surface area contributed by atoms with Crippen molar-refractivity contribution in [3.05, 3.63) is 35.9 Å². The number of aryl methyl sites for hydroxylation is 1. The Hall–Kier alpha value is -2.15. The van der Waals surface area contributed by atoms with Gasteiger partial charge in [0.1, 0.15) is 17.3 Å². The molecule has 1 unspecified atom stereocenters. The Balaban J connectivity index is 1.44. The summed E-state index contributed by atoms with van der Waals surface area (Å²) in [6.07, 6.45) is 9.84. The van der Waals surface area contributed by atoms with Gasteiger partial charge in [0.05, 0.1) is 12.2 Å². The van der Waals surface area contributed by atoms with Gasteiger partial charge in [-0.25, -0.2) is 9.97 Å². The zero-order chi connectivity index (χ0) is 18.1. The first-order chi connectivity index (χ1) is 12.6. The van der Waals surface area contributed by atoms with Gasteiger partial charge in [0.25, 0.3) is 5.91 Å². The van der Waals surface area contributed by atoms with E-state index in [1.165, 1.54) is 0 Å². The van der Waals surface area contributed by atoms with Crippen molar-refractivity contribution in [2.24, 2.45) is 0 Å². The summed E-state index contributed by atoms with van der Waals surface area (Å²) >= 11 is 0. The first kappa shape index (κ1) is 17.3. The van der Waals surface area contributed by atoms with E-state index in [9.17, 15) is 4.79 Å². The molecule has 0 bridgehead atoms. The molecule has 1 atom stereocenters. The number of carbonyl (C=O) groups excluding carboxylic acids is 1. The lowest BCUT2D eigenvalue weighted by molar-refractivity contribution is 0.0718. The molecule has 1 N–H and O–H groups in total. The number of likely N-dealkylation sites (tertiary alicyclic amines) is 2. The van der Waals surface area contributed by atoms with E-state index in [1.807, 2.05) is 24.2 Å². The lowest BCUT2D eigenvalue weighted by Crippen LogP contribution is -2.38. The van der Waals surface area contributed by atoms with Crippen LogP contribution in [0, 0.1) is 6.92 Å². The maximum absolute atomic E-state index is 13.0. The fourth-order valence-corrected chi connectivity index (χ4v) is 4.21. The molecule has 0 radical (unpaired) electrons. The van der Waals surface area contributed by atoms with Gasteiger partial charge < -0.3 is 19.4 Å². The minimum Gasteiger partial charge on any atom is -0.338 e. The fraction of sp³-hybridized carbons (Fsp3) is 0.632. The average Bonchev–Trinajstić information content (AvgIpc) is 3.37. The summed E-state index contributed by atoms with van der Waals surface area (Å²) in [7, 11) is 2.16. The number of hydrogen-bond donors (Lipinski definition) is 1. The zero-order valence-electron chi connectivity index (χ0n) is 15.7. The van der Waals surface area contributed by atoms with Crippen molar-refractivity contribution < 1.29 is 4.79 Å². The predicted molar refractivity (Wildman–Crippen MR) is 99.1 cm³/mol. The minimum absolute atomic E-state index is 0.0805. The van der Waals surface area contributed by atoms with Crippen LogP contribution in [0.1, 0.15) is 53.7 Å². The van der Waals surface area contributed by atoms with Crippen molar-refractivity contribution in [3.63, 3.8) is 0 Å². The molecule has 2 saturated heterocycles. The van der Waals surface area contributed by atoms with Crippen LogP contribution >= 0.6 is 0 Å². The largest absolute Gasteiger partial charge is 0.338 e. The molecule has 2 aliphatic heterocycles. The third-order valence-corrected chi connectivity index (χ3v) is 5.90. The van der Waals surface area contributed by atoms with Crippen LogP contribution in [0.25, 0.3) is 0 Å². The molecule has 26 heavy (non-hydrogen) atoms. The summed E-state index contributed by atoms with van der Waals surface area (Å²) in [5, 5.41) is 0. The average molecular weight is 356 g/mol. The second-order valence-electron chi connectivity index (χ2n) is 7.68. The Kier molecular flexibility index (Phi) is 4.80. The number of hydrogen-bond acceptors (Lipinski definition) is 4. The number of rotatable bonds is 4. The number of imidazole rings is 2. The number of nitrogens with zero attached hydrogens (tertiary/aromatic N) is 5. The second kappa shape index (κ2) is 7.23. The molecule has 4 rings (SSSR count). The third-order valence-electron chi connectivity index (χ3n) is 5.90. The summed E-state index contributed by atoms with van der Waals surface area (Å²) in [6, 6.07) is 0.227.